The second-order valence-electron chi connectivity index (χ2n) is 4.58. The summed E-state index contributed by atoms with van der Waals surface area (Å²) in [5, 5.41) is 4.39. The smallest absolute Gasteiger partial charge is 0.265 e. The van der Waals surface area contributed by atoms with E-state index in [1.54, 1.807) is 18.1 Å². The van der Waals surface area contributed by atoms with Crippen LogP contribution in [0.15, 0.2) is 11.8 Å². The van der Waals surface area contributed by atoms with E-state index < -0.39 is 11.4 Å². The van der Waals surface area contributed by atoms with Crippen molar-refractivity contribution in [3.8, 4) is 0 Å². The van der Waals surface area contributed by atoms with Crippen LogP contribution in [0.5, 0.6) is 0 Å². The summed E-state index contributed by atoms with van der Waals surface area (Å²) in [6.45, 7) is 5.62. The minimum atomic E-state index is -0.898. The molecule has 0 bridgehead atoms. The van der Waals surface area contributed by atoms with E-state index >= 15 is 0 Å². The van der Waals surface area contributed by atoms with Gasteiger partial charge in [-0.25, -0.2) is 5.01 Å². The van der Waals surface area contributed by atoms with Crippen LogP contribution in [0.2, 0.25) is 0 Å². The van der Waals surface area contributed by atoms with Crippen LogP contribution in [0.25, 0.3) is 0 Å². The molecule has 114 valence electrons. The van der Waals surface area contributed by atoms with E-state index in [1.807, 2.05) is 13.8 Å². The maximum atomic E-state index is 12.3. The molecule has 1 rings (SSSR count). The third-order valence-corrected chi connectivity index (χ3v) is 3.37. The van der Waals surface area contributed by atoms with Gasteiger partial charge in [0, 0.05) is 26.8 Å². The molecule has 1 aliphatic heterocycles. The number of rotatable bonds is 8. The van der Waals surface area contributed by atoms with E-state index in [0.29, 0.717) is 32.6 Å². The predicted molar refractivity (Wildman–Crippen MR) is 75.3 cm³/mol. The van der Waals surface area contributed by atoms with Crippen LogP contribution in [-0.4, -0.2) is 49.2 Å². The van der Waals surface area contributed by atoms with E-state index in [-0.39, 0.29) is 11.6 Å². The first-order valence-corrected chi connectivity index (χ1v) is 6.88. The number of nitrogens with two attached hydrogens (primary N) is 1. The minimum absolute atomic E-state index is 0.167. The Labute approximate surface area is 119 Å². The average Bonchev–Trinajstić information content (AvgIpc) is 2.83. The third kappa shape index (κ3) is 3.29. The molecule has 1 heterocycles. The van der Waals surface area contributed by atoms with Gasteiger partial charge < -0.3 is 21.2 Å². The van der Waals surface area contributed by atoms with Crippen molar-refractivity contribution in [2.24, 2.45) is 5.73 Å². The summed E-state index contributed by atoms with van der Waals surface area (Å²) in [5.41, 5.74) is 7.56. The quantitative estimate of drug-likeness (QED) is 0.522. The lowest BCUT2D eigenvalue weighted by Crippen LogP contribution is -2.57. The number of hydrazine groups is 1. The van der Waals surface area contributed by atoms with Gasteiger partial charge in [-0.05, 0) is 25.8 Å². The number of primary amides is 1. The Morgan fingerprint density at radius 2 is 2.20 bits per heavy atom. The largest absolute Gasteiger partial charge is 0.382 e. The summed E-state index contributed by atoms with van der Waals surface area (Å²) in [5.74, 6) is -0.737. The molecule has 0 aromatic rings. The van der Waals surface area contributed by atoms with Gasteiger partial charge in [-0.15, -0.1) is 0 Å². The van der Waals surface area contributed by atoms with Gasteiger partial charge in [0.25, 0.3) is 5.91 Å². The van der Waals surface area contributed by atoms with Gasteiger partial charge in [0.1, 0.15) is 11.2 Å². The van der Waals surface area contributed by atoms with Gasteiger partial charge >= 0.3 is 0 Å². The van der Waals surface area contributed by atoms with Crippen LogP contribution >= 0.6 is 0 Å². The fraction of sp³-hybridized carbons (Fsp3) is 0.692. The number of hydrogen-bond donors (Lipinski definition) is 3. The zero-order valence-electron chi connectivity index (χ0n) is 12.4. The van der Waals surface area contributed by atoms with Crippen LogP contribution in [0.4, 0.5) is 0 Å². The number of likely N-dealkylation sites (N-methyl/N-ethyl adjacent to an activating group) is 2. The van der Waals surface area contributed by atoms with Crippen molar-refractivity contribution in [1.29, 1.82) is 0 Å². The number of amides is 2. The van der Waals surface area contributed by atoms with Crippen molar-refractivity contribution in [3.05, 3.63) is 11.8 Å². The average molecular weight is 284 g/mol. The monoisotopic (exact) mass is 284 g/mol. The Bertz CT molecular complexity index is 397. The second-order valence-corrected chi connectivity index (χ2v) is 4.58. The fourth-order valence-corrected chi connectivity index (χ4v) is 2.39. The minimum Gasteiger partial charge on any atom is -0.382 e. The molecule has 0 saturated carbocycles. The van der Waals surface area contributed by atoms with E-state index in [2.05, 4.69) is 10.7 Å². The second kappa shape index (κ2) is 7.25. The number of carbonyl (C=O) groups excluding carboxylic acids is 2. The SMILES string of the molecule is CCOCCCC1(C(=O)NC)C=C(C(N)=O)NN1CC. The molecule has 0 aliphatic carbocycles. The highest BCUT2D eigenvalue weighted by Crippen LogP contribution is 2.29. The van der Waals surface area contributed by atoms with Crippen LogP contribution < -0.4 is 16.5 Å². The molecule has 4 N–H and O–H groups in total. The van der Waals surface area contributed by atoms with Crippen LogP contribution in [0.1, 0.15) is 26.7 Å². The summed E-state index contributed by atoms with van der Waals surface area (Å²) < 4.78 is 5.31. The van der Waals surface area contributed by atoms with Crippen LogP contribution in [-0.2, 0) is 14.3 Å². The van der Waals surface area contributed by atoms with E-state index in [1.165, 1.54) is 0 Å². The summed E-state index contributed by atoms with van der Waals surface area (Å²) >= 11 is 0. The lowest BCUT2D eigenvalue weighted by atomic mass is 9.91. The molecular formula is C13H24N4O3. The zero-order chi connectivity index (χ0) is 15.2. The lowest BCUT2D eigenvalue weighted by Gasteiger charge is -2.35. The van der Waals surface area contributed by atoms with E-state index in [4.69, 9.17) is 10.5 Å². The van der Waals surface area contributed by atoms with Gasteiger partial charge in [-0.2, -0.15) is 0 Å². The van der Waals surface area contributed by atoms with Crippen molar-refractivity contribution in [1.82, 2.24) is 15.8 Å². The molecule has 1 unspecified atom stereocenters. The van der Waals surface area contributed by atoms with Crippen molar-refractivity contribution in [2.75, 3.05) is 26.8 Å². The Morgan fingerprint density at radius 3 is 2.70 bits per heavy atom. The molecule has 7 heteroatoms. The Morgan fingerprint density at radius 1 is 1.50 bits per heavy atom. The van der Waals surface area contributed by atoms with Gasteiger partial charge in [0.05, 0.1) is 0 Å². The molecule has 0 aromatic heterocycles. The van der Waals surface area contributed by atoms with Gasteiger partial charge in [0.15, 0.2) is 0 Å². The maximum absolute atomic E-state index is 12.3. The lowest BCUT2D eigenvalue weighted by molar-refractivity contribution is -0.131. The maximum Gasteiger partial charge on any atom is 0.265 e. The number of ether oxygens (including phenoxy) is 1. The highest BCUT2D eigenvalue weighted by Gasteiger charge is 2.46. The van der Waals surface area contributed by atoms with Crippen molar-refractivity contribution in [2.45, 2.75) is 32.2 Å². The Balaban J connectivity index is 2.95. The zero-order valence-corrected chi connectivity index (χ0v) is 12.4. The summed E-state index contributed by atoms with van der Waals surface area (Å²) in [4.78, 5) is 23.7. The van der Waals surface area contributed by atoms with Crippen molar-refractivity contribution >= 4 is 11.8 Å². The molecular weight excluding hydrogens is 260 g/mol. The van der Waals surface area contributed by atoms with Gasteiger partial charge in [-0.1, -0.05) is 6.92 Å². The molecule has 2 amide bonds. The predicted octanol–water partition coefficient (Wildman–Crippen LogP) is -0.503. The summed E-state index contributed by atoms with van der Waals surface area (Å²) in [6, 6.07) is 0. The summed E-state index contributed by atoms with van der Waals surface area (Å²) in [7, 11) is 1.58. The number of nitrogens with zero attached hydrogens (tertiary/aromatic N) is 1. The standard InChI is InChI=1S/C13H24N4O3/c1-4-17-13(12(19)15-3,7-6-8-20-5-2)9-10(16-17)11(14)18/h9,16H,4-8H2,1-3H3,(H2,14,18)(H,15,19). The highest BCUT2D eigenvalue weighted by molar-refractivity contribution is 5.96. The topological polar surface area (TPSA) is 96.7 Å². The van der Waals surface area contributed by atoms with Crippen molar-refractivity contribution in [3.63, 3.8) is 0 Å². The normalized spacial score (nSPS) is 22.2. The van der Waals surface area contributed by atoms with Crippen molar-refractivity contribution < 1.29 is 14.3 Å². The molecule has 7 nitrogen and oxygen atoms in total. The van der Waals surface area contributed by atoms with Gasteiger partial charge in [0.2, 0.25) is 5.91 Å². The van der Waals surface area contributed by atoms with Crippen LogP contribution in [0.3, 0.4) is 0 Å². The third-order valence-electron chi connectivity index (χ3n) is 3.37. The molecule has 1 atom stereocenters. The molecule has 0 fully saturated rings. The van der Waals surface area contributed by atoms with Crippen LogP contribution in [0, 0.1) is 0 Å². The molecule has 1 aliphatic rings. The molecule has 0 aromatic carbocycles. The highest BCUT2D eigenvalue weighted by atomic mass is 16.5. The molecule has 0 radical (unpaired) electrons. The molecule has 0 saturated heterocycles. The first-order valence-electron chi connectivity index (χ1n) is 6.88. The Hall–Kier alpha value is -1.60. The molecule has 20 heavy (non-hydrogen) atoms. The fourth-order valence-electron chi connectivity index (χ4n) is 2.39. The number of carbonyl (C=O) groups is 2. The Kier molecular flexibility index (Phi) is 5.97. The molecule has 0 spiro atoms. The number of nitrogens with one attached hydrogen (secondary N) is 2. The first kappa shape index (κ1) is 16.5. The first-order chi connectivity index (χ1) is 9.51. The van der Waals surface area contributed by atoms with E-state index in [0.717, 1.165) is 0 Å². The summed E-state index contributed by atoms with van der Waals surface area (Å²) in [6.07, 6.45) is 2.87. The van der Waals surface area contributed by atoms with Gasteiger partial charge in [-0.3, -0.25) is 9.59 Å². The van der Waals surface area contributed by atoms with E-state index in [9.17, 15) is 9.59 Å². The number of hydrogen-bond acceptors (Lipinski definition) is 5.